The summed E-state index contributed by atoms with van der Waals surface area (Å²) in [6, 6.07) is 12.7. The number of aromatic carboxylic acids is 1. The van der Waals surface area contributed by atoms with E-state index in [0.717, 1.165) is 0 Å². The molecule has 0 saturated carbocycles. The number of para-hydroxylation sites is 1. The van der Waals surface area contributed by atoms with Crippen LogP contribution in [0.2, 0.25) is 0 Å². The highest BCUT2D eigenvalue weighted by Crippen LogP contribution is 2.26. The van der Waals surface area contributed by atoms with E-state index in [4.69, 9.17) is 9.47 Å². The van der Waals surface area contributed by atoms with E-state index in [-0.39, 0.29) is 16.8 Å². The molecule has 0 spiro atoms. The van der Waals surface area contributed by atoms with E-state index in [9.17, 15) is 20.0 Å². The molecule has 26 heavy (non-hydrogen) atoms. The minimum atomic E-state index is -1.18. The van der Waals surface area contributed by atoms with Gasteiger partial charge in [-0.3, -0.25) is 4.79 Å². The van der Waals surface area contributed by atoms with Crippen LogP contribution in [0, 0.1) is 11.3 Å². The number of amides is 1. The number of anilines is 1. The lowest BCUT2D eigenvalue weighted by Crippen LogP contribution is -2.16. The van der Waals surface area contributed by atoms with Gasteiger partial charge in [0.05, 0.1) is 25.5 Å². The van der Waals surface area contributed by atoms with E-state index in [1.807, 2.05) is 6.07 Å². The lowest BCUT2D eigenvalue weighted by atomic mass is 10.1. The Morgan fingerprint density at radius 1 is 1.15 bits per heavy atom. The number of carboxylic acid groups (broad SMARTS) is 1. The van der Waals surface area contributed by atoms with Gasteiger partial charge in [-0.05, 0) is 36.4 Å². The summed E-state index contributed by atoms with van der Waals surface area (Å²) < 4.78 is 10.4. The van der Waals surface area contributed by atoms with Crippen LogP contribution < -0.4 is 14.8 Å². The van der Waals surface area contributed by atoms with E-state index in [2.05, 4.69) is 5.32 Å². The van der Waals surface area contributed by atoms with Gasteiger partial charge in [0.2, 0.25) is 0 Å². The van der Waals surface area contributed by atoms with Crippen molar-refractivity contribution in [3.05, 3.63) is 59.2 Å². The molecule has 0 radical (unpaired) electrons. The molecule has 0 fully saturated rings. The summed E-state index contributed by atoms with van der Waals surface area (Å²) in [6.45, 7) is 0. The van der Waals surface area contributed by atoms with Gasteiger partial charge in [0, 0.05) is 5.56 Å². The van der Waals surface area contributed by atoms with Gasteiger partial charge >= 0.3 is 5.97 Å². The molecule has 2 rings (SSSR count). The quantitative estimate of drug-likeness (QED) is 0.611. The molecule has 2 aromatic rings. The molecule has 1 amide bonds. The van der Waals surface area contributed by atoms with Crippen molar-refractivity contribution in [2.75, 3.05) is 19.5 Å². The zero-order chi connectivity index (χ0) is 19.1. The maximum atomic E-state index is 12.4. The Hall–Kier alpha value is -3.79. The fourth-order valence-corrected chi connectivity index (χ4v) is 2.22. The Balaban J connectivity index is 2.37. The summed E-state index contributed by atoms with van der Waals surface area (Å²) in [5.41, 5.74) is 0.294. The first kappa shape index (κ1) is 18.5. The highest BCUT2D eigenvalue weighted by molar-refractivity contribution is 6.12. The van der Waals surface area contributed by atoms with E-state index in [1.54, 1.807) is 30.3 Å². The van der Waals surface area contributed by atoms with Gasteiger partial charge in [-0.25, -0.2) is 4.79 Å². The lowest BCUT2D eigenvalue weighted by molar-refractivity contribution is -0.112. The number of carbonyl (C=O) groups excluding carboxylic acids is 1. The number of rotatable bonds is 6. The van der Waals surface area contributed by atoms with Crippen LogP contribution in [-0.2, 0) is 4.79 Å². The molecule has 7 heteroatoms. The number of hydrogen-bond donors (Lipinski definition) is 2. The Labute approximate surface area is 150 Å². The number of nitrogens with one attached hydrogen (secondary N) is 1. The molecule has 0 heterocycles. The van der Waals surface area contributed by atoms with Crippen LogP contribution in [0.25, 0.3) is 6.08 Å². The van der Waals surface area contributed by atoms with Crippen molar-refractivity contribution in [2.45, 2.75) is 0 Å². The first-order valence-electron chi connectivity index (χ1n) is 7.47. The summed E-state index contributed by atoms with van der Waals surface area (Å²) in [5.74, 6) is -0.924. The summed E-state index contributed by atoms with van der Waals surface area (Å²) in [4.78, 5) is 23.6. The first-order chi connectivity index (χ1) is 12.5. The van der Waals surface area contributed by atoms with Gasteiger partial charge in [-0.15, -0.1) is 0 Å². The second kappa shape index (κ2) is 8.35. The molecule has 0 aliphatic rings. The average Bonchev–Trinajstić information content (AvgIpc) is 2.65. The normalized spacial score (nSPS) is 10.6. The number of benzene rings is 2. The van der Waals surface area contributed by atoms with E-state index in [0.29, 0.717) is 17.1 Å². The molecule has 7 nitrogen and oxygen atoms in total. The SMILES string of the molecule is COc1ccc(OC)c(C=C(C#N)C(=O)Nc2ccccc2C(=O)O)c1. The van der Waals surface area contributed by atoms with E-state index >= 15 is 0 Å². The molecule has 0 atom stereocenters. The minimum absolute atomic E-state index is 0.0721. The molecular weight excluding hydrogens is 336 g/mol. The van der Waals surface area contributed by atoms with Crippen molar-refractivity contribution in [1.29, 1.82) is 5.26 Å². The predicted molar refractivity (Wildman–Crippen MR) is 95.2 cm³/mol. The third-order valence-corrected chi connectivity index (χ3v) is 3.51. The predicted octanol–water partition coefficient (Wildman–Crippen LogP) is 2.95. The Bertz CT molecular complexity index is 912. The summed E-state index contributed by atoms with van der Waals surface area (Å²) >= 11 is 0. The number of carbonyl (C=O) groups is 2. The fourth-order valence-electron chi connectivity index (χ4n) is 2.22. The van der Waals surface area contributed by atoms with Crippen LogP contribution in [0.1, 0.15) is 15.9 Å². The van der Waals surface area contributed by atoms with Crippen molar-refractivity contribution in [3.8, 4) is 17.6 Å². The summed E-state index contributed by atoms with van der Waals surface area (Å²) in [6.07, 6.45) is 1.35. The van der Waals surface area contributed by atoms with Crippen molar-refractivity contribution in [3.63, 3.8) is 0 Å². The van der Waals surface area contributed by atoms with Crippen LogP contribution >= 0.6 is 0 Å². The number of hydrogen-bond acceptors (Lipinski definition) is 5. The summed E-state index contributed by atoms with van der Waals surface area (Å²) in [5, 5.41) is 21.0. The highest BCUT2D eigenvalue weighted by Gasteiger charge is 2.15. The van der Waals surface area contributed by atoms with Crippen LogP contribution in [0.15, 0.2) is 48.0 Å². The monoisotopic (exact) mass is 352 g/mol. The third-order valence-electron chi connectivity index (χ3n) is 3.51. The number of carboxylic acids is 1. The van der Waals surface area contributed by atoms with Crippen molar-refractivity contribution < 1.29 is 24.2 Å². The Kier molecular flexibility index (Phi) is 5.96. The van der Waals surface area contributed by atoms with Gasteiger partial charge in [0.1, 0.15) is 23.1 Å². The third kappa shape index (κ3) is 4.19. The number of nitriles is 1. The molecule has 0 bridgehead atoms. The van der Waals surface area contributed by atoms with Gasteiger partial charge in [-0.1, -0.05) is 12.1 Å². The van der Waals surface area contributed by atoms with E-state index < -0.39 is 11.9 Å². The second-order valence-electron chi connectivity index (χ2n) is 5.08. The number of ether oxygens (including phenoxy) is 2. The molecule has 0 aliphatic heterocycles. The molecule has 0 unspecified atom stereocenters. The smallest absolute Gasteiger partial charge is 0.337 e. The first-order valence-corrected chi connectivity index (χ1v) is 7.47. The van der Waals surface area contributed by atoms with Crippen LogP contribution in [0.5, 0.6) is 11.5 Å². The molecule has 2 N–H and O–H groups in total. The maximum Gasteiger partial charge on any atom is 0.337 e. The highest BCUT2D eigenvalue weighted by atomic mass is 16.5. The summed E-state index contributed by atoms with van der Waals surface area (Å²) in [7, 11) is 2.96. The number of methoxy groups -OCH3 is 2. The minimum Gasteiger partial charge on any atom is -0.497 e. The molecular formula is C19H16N2O5. The molecule has 2 aromatic carbocycles. The Morgan fingerprint density at radius 3 is 2.50 bits per heavy atom. The average molecular weight is 352 g/mol. The van der Waals surface area contributed by atoms with Crippen LogP contribution in [0.3, 0.4) is 0 Å². The van der Waals surface area contributed by atoms with Gasteiger partial charge in [-0.2, -0.15) is 5.26 Å². The van der Waals surface area contributed by atoms with Crippen molar-refractivity contribution in [1.82, 2.24) is 0 Å². The van der Waals surface area contributed by atoms with Gasteiger partial charge < -0.3 is 19.9 Å². The van der Waals surface area contributed by atoms with Crippen molar-refractivity contribution >= 4 is 23.6 Å². The van der Waals surface area contributed by atoms with E-state index in [1.165, 1.54) is 32.4 Å². The Morgan fingerprint density at radius 2 is 1.88 bits per heavy atom. The zero-order valence-electron chi connectivity index (χ0n) is 14.1. The van der Waals surface area contributed by atoms with Crippen LogP contribution in [-0.4, -0.2) is 31.2 Å². The molecule has 0 aromatic heterocycles. The number of nitrogens with zero attached hydrogens (tertiary/aromatic N) is 1. The van der Waals surface area contributed by atoms with Gasteiger partial charge in [0.25, 0.3) is 5.91 Å². The largest absolute Gasteiger partial charge is 0.497 e. The molecule has 132 valence electrons. The molecule has 0 aliphatic carbocycles. The van der Waals surface area contributed by atoms with Gasteiger partial charge in [0.15, 0.2) is 0 Å². The lowest BCUT2D eigenvalue weighted by Gasteiger charge is -2.09. The second-order valence-corrected chi connectivity index (χ2v) is 5.08. The molecule has 0 saturated heterocycles. The van der Waals surface area contributed by atoms with Crippen molar-refractivity contribution in [2.24, 2.45) is 0 Å². The topological polar surface area (TPSA) is 109 Å². The maximum absolute atomic E-state index is 12.4. The fraction of sp³-hybridized carbons (Fsp3) is 0.105. The zero-order valence-corrected chi connectivity index (χ0v) is 14.1. The standard InChI is InChI=1S/C19H16N2O5/c1-25-14-7-8-17(26-2)12(10-14)9-13(11-20)18(22)21-16-6-4-3-5-15(16)19(23)24/h3-10H,1-2H3,(H,21,22)(H,23,24). The van der Waals surface area contributed by atoms with Crippen LogP contribution in [0.4, 0.5) is 5.69 Å².